The molecule has 0 spiro atoms. The van der Waals surface area contributed by atoms with Gasteiger partial charge in [-0.2, -0.15) is 0 Å². The minimum Gasteiger partial charge on any atom is -0.398 e. The van der Waals surface area contributed by atoms with Gasteiger partial charge in [0.05, 0.1) is 0 Å². The van der Waals surface area contributed by atoms with Crippen molar-refractivity contribution in [3.05, 3.63) is 58.1 Å². The van der Waals surface area contributed by atoms with Crippen LogP contribution in [-0.2, 0) is 13.0 Å². The molecule has 1 aliphatic rings. The van der Waals surface area contributed by atoms with Crippen LogP contribution in [0.15, 0.2) is 46.9 Å². The van der Waals surface area contributed by atoms with Crippen molar-refractivity contribution in [2.75, 3.05) is 17.2 Å². The highest BCUT2D eigenvalue weighted by atomic mass is 79.9. The Morgan fingerprint density at radius 3 is 2.83 bits per heavy atom. The van der Waals surface area contributed by atoms with Crippen molar-refractivity contribution in [3.63, 3.8) is 0 Å². The van der Waals surface area contributed by atoms with Gasteiger partial charge in [-0.15, -0.1) is 0 Å². The molecule has 0 fully saturated rings. The predicted molar refractivity (Wildman–Crippen MR) is 79.8 cm³/mol. The number of rotatable bonds is 2. The van der Waals surface area contributed by atoms with Gasteiger partial charge >= 0.3 is 0 Å². The molecule has 0 aromatic heterocycles. The Hall–Kier alpha value is -1.48. The van der Waals surface area contributed by atoms with Crippen molar-refractivity contribution in [2.24, 2.45) is 0 Å². The summed E-state index contributed by atoms with van der Waals surface area (Å²) in [7, 11) is 0. The summed E-state index contributed by atoms with van der Waals surface area (Å²) in [5.74, 6) is 0. The fourth-order valence-electron chi connectivity index (χ4n) is 2.50. The molecule has 2 aromatic rings. The normalized spacial score (nSPS) is 13.7. The zero-order valence-corrected chi connectivity index (χ0v) is 11.7. The maximum atomic E-state index is 5.92. The number of benzene rings is 2. The van der Waals surface area contributed by atoms with E-state index in [-0.39, 0.29) is 0 Å². The van der Waals surface area contributed by atoms with E-state index in [0.717, 1.165) is 29.7 Å². The van der Waals surface area contributed by atoms with E-state index in [4.69, 9.17) is 5.73 Å². The summed E-state index contributed by atoms with van der Waals surface area (Å²) >= 11 is 3.58. The Morgan fingerprint density at radius 2 is 1.94 bits per heavy atom. The van der Waals surface area contributed by atoms with Crippen LogP contribution in [0.5, 0.6) is 0 Å². The molecule has 2 nitrogen and oxygen atoms in total. The van der Waals surface area contributed by atoms with E-state index in [1.807, 2.05) is 12.1 Å². The van der Waals surface area contributed by atoms with Gasteiger partial charge in [-0.25, -0.2) is 0 Å². The van der Waals surface area contributed by atoms with Crippen molar-refractivity contribution >= 4 is 27.3 Å². The van der Waals surface area contributed by atoms with Crippen LogP contribution >= 0.6 is 15.9 Å². The molecule has 0 bridgehead atoms. The van der Waals surface area contributed by atoms with Gasteiger partial charge < -0.3 is 10.6 Å². The fraction of sp³-hybridized carbons (Fsp3) is 0.200. The first-order valence-electron chi connectivity index (χ1n) is 6.11. The zero-order valence-electron chi connectivity index (χ0n) is 10.1. The van der Waals surface area contributed by atoms with Gasteiger partial charge in [0.2, 0.25) is 0 Å². The molecule has 0 radical (unpaired) electrons. The highest BCUT2D eigenvalue weighted by Gasteiger charge is 2.19. The lowest BCUT2D eigenvalue weighted by molar-refractivity contribution is 0.834. The van der Waals surface area contributed by atoms with Gasteiger partial charge in [-0.05, 0) is 45.6 Å². The van der Waals surface area contributed by atoms with E-state index >= 15 is 0 Å². The molecule has 18 heavy (non-hydrogen) atoms. The van der Waals surface area contributed by atoms with Crippen LogP contribution in [0.25, 0.3) is 0 Å². The number of halogens is 1. The van der Waals surface area contributed by atoms with Crippen LogP contribution in [0.4, 0.5) is 11.4 Å². The fourth-order valence-corrected chi connectivity index (χ4v) is 2.89. The van der Waals surface area contributed by atoms with E-state index in [2.05, 4.69) is 51.2 Å². The highest BCUT2D eigenvalue weighted by molar-refractivity contribution is 9.10. The third-order valence-corrected chi connectivity index (χ3v) is 4.42. The number of hydrogen-bond donors (Lipinski definition) is 1. The third-order valence-electron chi connectivity index (χ3n) is 3.45. The molecule has 0 amide bonds. The van der Waals surface area contributed by atoms with Crippen LogP contribution in [0.2, 0.25) is 0 Å². The second kappa shape index (κ2) is 4.65. The number of nitrogens with two attached hydrogens (primary N) is 1. The molecule has 92 valence electrons. The number of nitrogens with zero attached hydrogens (tertiary/aromatic N) is 1. The molecular formula is C15H15BrN2. The van der Waals surface area contributed by atoms with Crippen molar-refractivity contribution in [2.45, 2.75) is 13.0 Å². The Bertz CT molecular complexity index is 580. The largest absolute Gasteiger partial charge is 0.398 e. The van der Waals surface area contributed by atoms with Gasteiger partial charge in [0.25, 0.3) is 0 Å². The summed E-state index contributed by atoms with van der Waals surface area (Å²) in [5, 5.41) is 0. The lowest BCUT2D eigenvalue weighted by atomic mass is 10.1. The molecule has 1 heterocycles. The molecule has 2 aromatic carbocycles. The summed E-state index contributed by atoms with van der Waals surface area (Å²) in [6, 6.07) is 14.7. The number of nitrogen functional groups attached to an aromatic ring is 1. The van der Waals surface area contributed by atoms with Crippen molar-refractivity contribution < 1.29 is 0 Å². The molecule has 1 aliphatic heterocycles. The molecule has 0 unspecified atom stereocenters. The number of hydrogen-bond acceptors (Lipinski definition) is 2. The molecule has 0 atom stereocenters. The summed E-state index contributed by atoms with van der Waals surface area (Å²) in [5.41, 5.74) is 10.8. The SMILES string of the molecule is Nc1cccc(CN2CCc3ccccc32)c1Br. The first kappa shape index (κ1) is 11.6. The molecule has 0 aliphatic carbocycles. The zero-order chi connectivity index (χ0) is 12.5. The lowest BCUT2D eigenvalue weighted by Gasteiger charge is -2.20. The van der Waals surface area contributed by atoms with E-state index in [1.165, 1.54) is 16.8 Å². The summed E-state index contributed by atoms with van der Waals surface area (Å²) < 4.78 is 1.02. The second-order valence-electron chi connectivity index (χ2n) is 4.62. The van der Waals surface area contributed by atoms with E-state index in [9.17, 15) is 0 Å². The molecule has 3 heteroatoms. The predicted octanol–water partition coefficient (Wildman–Crippen LogP) is 3.59. The summed E-state index contributed by atoms with van der Waals surface area (Å²) in [6.07, 6.45) is 1.14. The minimum absolute atomic E-state index is 0.806. The summed E-state index contributed by atoms with van der Waals surface area (Å²) in [4.78, 5) is 2.41. The van der Waals surface area contributed by atoms with Gasteiger partial charge in [0, 0.05) is 28.9 Å². The molecule has 3 rings (SSSR count). The first-order chi connectivity index (χ1) is 8.75. The lowest BCUT2D eigenvalue weighted by Crippen LogP contribution is -2.20. The Morgan fingerprint density at radius 1 is 1.11 bits per heavy atom. The molecule has 0 saturated carbocycles. The van der Waals surface area contributed by atoms with Gasteiger partial charge in [-0.1, -0.05) is 30.3 Å². The number of fused-ring (bicyclic) bond motifs is 1. The van der Waals surface area contributed by atoms with Crippen molar-refractivity contribution in [1.29, 1.82) is 0 Å². The van der Waals surface area contributed by atoms with Gasteiger partial charge in [0.1, 0.15) is 0 Å². The van der Waals surface area contributed by atoms with Gasteiger partial charge in [-0.3, -0.25) is 0 Å². The number of para-hydroxylation sites is 1. The smallest absolute Gasteiger partial charge is 0.0461 e. The van der Waals surface area contributed by atoms with Crippen LogP contribution in [0.3, 0.4) is 0 Å². The summed E-state index contributed by atoms with van der Waals surface area (Å²) in [6.45, 7) is 1.99. The molecular weight excluding hydrogens is 288 g/mol. The molecule has 2 N–H and O–H groups in total. The van der Waals surface area contributed by atoms with Gasteiger partial charge in [0.15, 0.2) is 0 Å². The third kappa shape index (κ3) is 1.99. The van der Waals surface area contributed by atoms with Crippen molar-refractivity contribution in [1.82, 2.24) is 0 Å². The Balaban J connectivity index is 1.89. The first-order valence-corrected chi connectivity index (χ1v) is 6.91. The monoisotopic (exact) mass is 302 g/mol. The standard InChI is InChI=1S/C15H15BrN2/c16-15-12(5-3-6-13(15)17)10-18-9-8-11-4-1-2-7-14(11)18/h1-7H,8-10,17H2. The van der Waals surface area contributed by atoms with E-state index < -0.39 is 0 Å². The average Bonchev–Trinajstić information content (AvgIpc) is 2.79. The minimum atomic E-state index is 0.806. The van der Waals surface area contributed by atoms with Crippen LogP contribution < -0.4 is 10.6 Å². The van der Waals surface area contributed by atoms with E-state index in [1.54, 1.807) is 0 Å². The second-order valence-corrected chi connectivity index (χ2v) is 5.41. The van der Waals surface area contributed by atoms with Crippen molar-refractivity contribution in [3.8, 4) is 0 Å². The highest BCUT2D eigenvalue weighted by Crippen LogP contribution is 2.31. The Kier molecular flexibility index (Phi) is 3.00. The topological polar surface area (TPSA) is 29.3 Å². The van der Waals surface area contributed by atoms with Crippen LogP contribution in [0.1, 0.15) is 11.1 Å². The quantitative estimate of drug-likeness (QED) is 0.859. The number of anilines is 2. The average molecular weight is 303 g/mol. The maximum absolute atomic E-state index is 5.92. The maximum Gasteiger partial charge on any atom is 0.0461 e. The molecule has 0 saturated heterocycles. The van der Waals surface area contributed by atoms with Crippen LogP contribution in [0, 0.1) is 0 Å². The van der Waals surface area contributed by atoms with Crippen LogP contribution in [-0.4, -0.2) is 6.54 Å². The Labute approximate surface area is 116 Å². The van der Waals surface area contributed by atoms with E-state index in [0.29, 0.717) is 0 Å².